The Labute approximate surface area is 125 Å². The van der Waals surface area contributed by atoms with E-state index in [4.69, 9.17) is 0 Å². The number of nitrogens with zero attached hydrogens (tertiary/aromatic N) is 2. The molecule has 1 amide bonds. The van der Waals surface area contributed by atoms with Crippen LogP contribution in [-0.2, 0) is 11.3 Å². The molecule has 0 radical (unpaired) electrons. The quantitative estimate of drug-likeness (QED) is 0.936. The predicted molar refractivity (Wildman–Crippen MR) is 83.9 cm³/mol. The van der Waals surface area contributed by atoms with Gasteiger partial charge in [-0.2, -0.15) is 0 Å². The molecule has 0 saturated carbocycles. The van der Waals surface area contributed by atoms with Gasteiger partial charge in [-0.25, -0.2) is 0 Å². The number of amides is 1. The molecule has 1 N–H and O–H groups in total. The van der Waals surface area contributed by atoms with Crippen LogP contribution in [0.2, 0.25) is 0 Å². The van der Waals surface area contributed by atoms with Gasteiger partial charge in [-0.05, 0) is 36.3 Å². The average molecular weight is 283 g/mol. The highest BCUT2D eigenvalue weighted by Crippen LogP contribution is 2.17. The van der Waals surface area contributed by atoms with Gasteiger partial charge in [-0.3, -0.25) is 9.78 Å². The largest absolute Gasteiger partial charge is 0.342 e. The summed E-state index contributed by atoms with van der Waals surface area (Å²) in [4.78, 5) is 18.2. The Hall–Kier alpha value is -1.94. The number of carbonyl (C=O) groups is 1. The van der Waals surface area contributed by atoms with Gasteiger partial charge in [0.25, 0.3) is 0 Å². The molecule has 0 atom stereocenters. The monoisotopic (exact) mass is 283 g/mol. The summed E-state index contributed by atoms with van der Waals surface area (Å²) < 4.78 is 0. The van der Waals surface area contributed by atoms with E-state index in [9.17, 15) is 4.79 Å². The van der Waals surface area contributed by atoms with Crippen molar-refractivity contribution in [2.24, 2.45) is 0 Å². The third-order valence-corrected chi connectivity index (χ3v) is 4.07. The maximum absolute atomic E-state index is 12.1. The molecule has 1 fully saturated rings. The number of fused-ring (bicyclic) bond motifs is 1. The lowest BCUT2D eigenvalue weighted by Crippen LogP contribution is -2.40. The van der Waals surface area contributed by atoms with Crippen LogP contribution >= 0.6 is 0 Å². The minimum absolute atomic E-state index is 0.219. The SMILES string of the molecule is O=C(CNCc1cccc2cnccc12)N1CCCCC1. The van der Waals surface area contributed by atoms with E-state index in [0.29, 0.717) is 13.1 Å². The fourth-order valence-corrected chi connectivity index (χ4v) is 2.90. The topological polar surface area (TPSA) is 45.2 Å². The first kappa shape index (κ1) is 14.0. The maximum Gasteiger partial charge on any atom is 0.236 e. The van der Waals surface area contributed by atoms with Crippen molar-refractivity contribution in [3.8, 4) is 0 Å². The summed E-state index contributed by atoms with van der Waals surface area (Å²) in [5.41, 5.74) is 1.21. The molecule has 1 aliphatic rings. The van der Waals surface area contributed by atoms with Crippen LogP contribution in [0, 0.1) is 0 Å². The molecule has 3 rings (SSSR count). The standard InChI is InChI=1S/C17H21N3O/c21-17(20-9-2-1-3-10-20)13-19-12-15-6-4-5-14-11-18-8-7-16(14)15/h4-8,11,19H,1-3,9-10,12-13H2. The molecule has 4 nitrogen and oxygen atoms in total. The zero-order valence-electron chi connectivity index (χ0n) is 12.2. The van der Waals surface area contributed by atoms with Gasteiger partial charge in [0, 0.05) is 37.4 Å². The highest BCUT2D eigenvalue weighted by Gasteiger charge is 2.15. The van der Waals surface area contributed by atoms with Crippen LogP contribution in [0.3, 0.4) is 0 Å². The van der Waals surface area contributed by atoms with Crippen molar-refractivity contribution in [2.45, 2.75) is 25.8 Å². The number of benzene rings is 1. The lowest BCUT2D eigenvalue weighted by Gasteiger charge is -2.26. The van der Waals surface area contributed by atoms with Crippen molar-refractivity contribution in [2.75, 3.05) is 19.6 Å². The number of likely N-dealkylation sites (tertiary alicyclic amines) is 1. The van der Waals surface area contributed by atoms with Crippen molar-refractivity contribution in [3.63, 3.8) is 0 Å². The number of pyridine rings is 1. The second-order valence-electron chi connectivity index (χ2n) is 5.56. The first-order valence-electron chi connectivity index (χ1n) is 7.65. The minimum Gasteiger partial charge on any atom is -0.342 e. The molecule has 1 aromatic carbocycles. The average Bonchev–Trinajstić information content (AvgIpc) is 2.56. The molecule has 110 valence electrons. The predicted octanol–water partition coefficient (Wildman–Crippen LogP) is 2.34. The third kappa shape index (κ3) is 3.39. The number of nitrogens with one attached hydrogen (secondary N) is 1. The van der Waals surface area contributed by atoms with E-state index in [1.54, 1.807) is 0 Å². The molecule has 21 heavy (non-hydrogen) atoms. The first-order valence-corrected chi connectivity index (χ1v) is 7.65. The van der Waals surface area contributed by atoms with E-state index in [-0.39, 0.29) is 5.91 Å². The number of hydrogen-bond donors (Lipinski definition) is 1. The van der Waals surface area contributed by atoms with E-state index >= 15 is 0 Å². The lowest BCUT2D eigenvalue weighted by atomic mass is 10.1. The Kier molecular flexibility index (Phi) is 4.46. The van der Waals surface area contributed by atoms with Crippen molar-refractivity contribution in [3.05, 3.63) is 42.2 Å². The van der Waals surface area contributed by atoms with Crippen molar-refractivity contribution < 1.29 is 4.79 Å². The Morgan fingerprint density at radius 1 is 1.19 bits per heavy atom. The van der Waals surface area contributed by atoms with E-state index < -0.39 is 0 Å². The number of carbonyl (C=O) groups excluding carboxylic acids is 1. The van der Waals surface area contributed by atoms with Gasteiger partial charge in [0.1, 0.15) is 0 Å². The van der Waals surface area contributed by atoms with Crippen molar-refractivity contribution >= 4 is 16.7 Å². The maximum atomic E-state index is 12.1. The molecule has 2 aromatic rings. The molecule has 0 spiro atoms. The summed E-state index contributed by atoms with van der Waals surface area (Å²) in [7, 11) is 0. The molecular weight excluding hydrogens is 262 g/mol. The highest BCUT2D eigenvalue weighted by molar-refractivity contribution is 5.84. The highest BCUT2D eigenvalue weighted by atomic mass is 16.2. The van der Waals surface area contributed by atoms with Crippen LogP contribution in [0.15, 0.2) is 36.7 Å². The zero-order chi connectivity index (χ0) is 14.5. The van der Waals surface area contributed by atoms with Gasteiger partial charge < -0.3 is 10.2 Å². The number of piperidine rings is 1. The van der Waals surface area contributed by atoms with Gasteiger partial charge in [-0.1, -0.05) is 18.2 Å². The van der Waals surface area contributed by atoms with E-state index in [2.05, 4.69) is 22.4 Å². The van der Waals surface area contributed by atoms with Crippen LogP contribution < -0.4 is 5.32 Å². The second kappa shape index (κ2) is 6.68. The third-order valence-electron chi connectivity index (χ3n) is 4.07. The molecular formula is C17H21N3O. The second-order valence-corrected chi connectivity index (χ2v) is 5.56. The molecule has 1 aromatic heterocycles. The summed E-state index contributed by atoms with van der Waals surface area (Å²) in [5.74, 6) is 0.219. The lowest BCUT2D eigenvalue weighted by molar-refractivity contribution is -0.131. The van der Waals surface area contributed by atoms with Gasteiger partial charge in [0.05, 0.1) is 6.54 Å². The normalized spacial score (nSPS) is 15.3. The van der Waals surface area contributed by atoms with Crippen LogP contribution in [0.1, 0.15) is 24.8 Å². The molecule has 1 saturated heterocycles. The summed E-state index contributed by atoms with van der Waals surface area (Å²) in [6.07, 6.45) is 7.22. The molecule has 1 aliphatic heterocycles. The smallest absolute Gasteiger partial charge is 0.236 e. The first-order chi connectivity index (χ1) is 10.3. The summed E-state index contributed by atoms with van der Waals surface area (Å²) >= 11 is 0. The summed E-state index contributed by atoms with van der Waals surface area (Å²) in [6.45, 7) is 2.96. The minimum atomic E-state index is 0.219. The van der Waals surface area contributed by atoms with Gasteiger partial charge in [-0.15, -0.1) is 0 Å². The molecule has 0 aliphatic carbocycles. The zero-order valence-corrected chi connectivity index (χ0v) is 12.2. The molecule has 0 bridgehead atoms. The van der Waals surface area contributed by atoms with Gasteiger partial charge in [0.2, 0.25) is 5.91 Å². The van der Waals surface area contributed by atoms with E-state index in [1.807, 2.05) is 29.4 Å². The van der Waals surface area contributed by atoms with Crippen LogP contribution in [0.25, 0.3) is 10.8 Å². The summed E-state index contributed by atoms with van der Waals surface area (Å²) in [6, 6.07) is 8.22. The van der Waals surface area contributed by atoms with E-state index in [0.717, 1.165) is 31.3 Å². The van der Waals surface area contributed by atoms with Gasteiger partial charge in [0.15, 0.2) is 0 Å². The Morgan fingerprint density at radius 2 is 2.05 bits per heavy atom. The Morgan fingerprint density at radius 3 is 2.90 bits per heavy atom. The van der Waals surface area contributed by atoms with E-state index in [1.165, 1.54) is 17.4 Å². The molecule has 2 heterocycles. The number of aromatic nitrogens is 1. The number of hydrogen-bond acceptors (Lipinski definition) is 3. The van der Waals surface area contributed by atoms with Crippen LogP contribution in [0.5, 0.6) is 0 Å². The molecule has 0 unspecified atom stereocenters. The van der Waals surface area contributed by atoms with Crippen molar-refractivity contribution in [1.29, 1.82) is 0 Å². The van der Waals surface area contributed by atoms with Crippen LogP contribution in [0.4, 0.5) is 0 Å². The molecule has 4 heteroatoms. The fourth-order valence-electron chi connectivity index (χ4n) is 2.90. The van der Waals surface area contributed by atoms with Crippen LogP contribution in [-0.4, -0.2) is 35.4 Å². The number of rotatable bonds is 4. The summed E-state index contributed by atoms with van der Waals surface area (Å²) in [5, 5.41) is 5.62. The van der Waals surface area contributed by atoms with Gasteiger partial charge >= 0.3 is 0 Å². The fraction of sp³-hybridized carbons (Fsp3) is 0.412. The Balaban J connectivity index is 1.58. The van der Waals surface area contributed by atoms with Crippen molar-refractivity contribution in [1.82, 2.24) is 15.2 Å². The Bertz CT molecular complexity index is 615.